The van der Waals surface area contributed by atoms with Crippen LogP contribution in [0.5, 0.6) is 0 Å². The zero-order valence-corrected chi connectivity index (χ0v) is 12.8. The van der Waals surface area contributed by atoms with E-state index in [9.17, 15) is 13.2 Å². The van der Waals surface area contributed by atoms with Gasteiger partial charge < -0.3 is 4.42 Å². The lowest BCUT2D eigenvalue weighted by molar-refractivity contribution is -0.131. The predicted molar refractivity (Wildman–Crippen MR) is 74.3 cm³/mol. The monoisotopic (exact) mass is 329 g/mol. The highest BCUT2D eigenvalue weighted by molar-refractivity contribution is 5.05. The van der Waals surface area contributed by atoms with Crippen LogP contribution < -0.4 is 0 Å². The largest absolute Gasteiger partial charge is 0.423 e. The smallest absolute Gasteiger partial charge is 0.397 e. The van der Waals surface area contributed by atoms with Gasteiger partial charge in [0.15, 0.2) is 0 Å². The zero-order valence-electron chi connectivity index (χ0n) is 12.8. The van der Waals surface area contributed by atoms with Gasteiger partial charge in [0.2, 0.25) is 11.8 Å². The Morgan fingerprint density at radius 3 is 2.83 bits per heavy atom. The summed E-state index contributed by atoms with van der Waals surface area (Å²) in [5.74, 6) is -0.104. The van der Waals surface area contributed by atoms with E-state index in [1.807, 2.05) is 13.2 Å². The van der Waals surface area contributed by atoms with Crippen molar-refractivity contribution in [2.24, 2.45) is 7.05 Å². The lowest BCUT2D eigenvalue weighted by Gasteiger charge is -2.33. The quantitative estimate of drug-likeness (QED) is 0.863. The minimum Gasteiger partial charge on any atom is -0.423 e. The van der Waals surface area contributed by atoms with Gasteiger partial charge in [-0.2, -0.15) is 18.3 Å². The SMILES string of the molecule is Cn1cc(CN2CCCC[C@H]2c2nnc(CC(F)(F)F)o2)cn1. The van der Waals surface area contributed by atoms with Gasteiger partial charge in [-0.05, 0) is 19.4 Å². The molecule has 1 saturated heterocycles. The van der Waals surface area contributed by atoms with Crippen LogP contribution in [0.3, 0.4) is 0 Å². The third-order valence-electron chi connectivity index (χ3n) is 3.88. The molecule has 0 saturated carbocycles. The van der Waals surface area contributed by atoms with Crippen molar-refractivity contribution in [3.8, 4) is 0 Å². The maximum absolute atomic E-state index is 12.4. The minimum absolute atomic E-state index is 0.140. The highest BCUT2D eigenvalue weighted by Gasteiger charge is 2.33. The molecule has 6 nitrogen and oxygen atoms in total. The predicted octanol–water partition coefficient (Wildman–Crippen LogP) is 2.64. The molecule has 1 aliphatic heterocycles. The summed E-state index contributed by atoms with van der Waals surface area (Å²) in [7, 11) is 1.85. The summed E-state index contributed by atoms with van der Waals surface area (Å²) in [6.07, 6.45) is 1.02. The average molecular weight is 329 g/mol. The van der Waals surface area contributed by atoms with E-state index in [1.165, 1.54) is 0 Å². The fourth-order valence-corrected chi connectivity index (χ4v) is 2.89. The van der Waals surface area contributed by atoms with Gasteiger partial charge in [0.05, 0.1) is 12.2 Å². The number of aromatic nitrogens is 4. The van der Waals surface area contributed by atoms with Crippen LogP contribution in [-0.4, -0.2) is 37.6 Å². The number of alkyl halides is 3. The summed E-state index contributed by atoms with van der Waals surface area (Å²) in [6, 6.07) is -0.140. The molecule has 3 heterocycles. The van der Waals surface area contributed by atoms with Gasteiger partial charge in [0.1, 0.15) is 6.42 Å². The summed E-state index contributed by atoms with van der Waals surface area (Å²) in [6.45, 7) is 1.51. The number of piperidine rings is 1. The summed E-state index contributed by atoms with van der Waals surface area (Å²) in [4.78, 5) is 2.16. The van der Waals surface area contributed by atoms with E-state index in [0.29, 0.717) is 6.54 Å². The number of aryl methyl sites for hydroxylation is 1. The molecular weight excluding hydrogens is 311 g/mol. The third kappa shape index (κ3) is 4.10. The molecule has 0 bridgehead atoms. The van der Waals surface area contributed by atoms with E-state index in [2.05, 4.69) is 20.2 Å². The summed E-state index contributed by atoms with van der Waals surface area (Å²) in [5, 5.41) is 11.5. The second kappa shape index (κ2) is 6.31. The van der Waals surface area contributed by atoms with Gasteiger partial charge in [0.25, 0.3) is 0 Å². The lowest BCUT2D eigenvalue weighted by atomic mass is 10.0. The lowest BCUT2D eigenvalue weighted by Crippen LogP contribution is -2.33. The molecule has 1 atom stereocenters. The highest BCUT2D eigenvalue weighted by Crippen LogP contribution is 2.32. The maximum atomic E-state index is 12.4. The Hall–Kier alpha value is -1.90. The molecule has 9 heteroatoms. The van der Waals surface area contributed by atoms with Crippen molar-refractivity contribution in [3.63, 3.8) is 0 Å². The van der Waals surface area contributed by atoms with Gasteiger partial charge in [-0.25, -0.2) is 0 Å². The highest BCUT2D eigenvalue weighted by atomic mass is 19.4. The molecule has 2 aromatic rings. The first-order chi connectivity index (χ1) is 10.9. The van der Waals surface area contributed by atoms with Crippen molar-refractivity contribution in [1.29, 1.82) is 0 Å². The summed E-state index contributed by atoms with van der Waals surface area (Å²) >= 11 is 0. The van der Waals surface area contributed by atoms with Crippen LogP contribution in [0, 0.1) is 0 Å². The fraction of sp³-hybridized carbons (Fsp3) is 0.643. The van der Waals surface area contributed by atoms with Crippen molar-refractivity contribution in [2.45, 2.75) is 44.4 Å². The van der Waals surface area contributed by atoms with Crippen molar-refractivity contribution < 1.29 is 17.6 Å². The number of rotatable bonds is 4. The topological polar surface area (TPSA) is 60.0 Å². The molecule has 0 N–H and O–H groups in total. The number of hydrogen-bond donors (Lipinski definition) is 0. The molecule has 0 spiro atoms. The molecule has 0 unspecified atom stereocenters. The maximum Gasteiger partial charge on any atom is 0.397 e. The van der Waals surface area contributed by atoms with Crippen LogP contribution in [0.15, 0.2) is 16.8 Å². The van der Waals surface area contributed by atoms with Gasteiger partial charge >= 0.3 is 6.18 Å². The Bertz CT molecular complexity index is 651. The van der Waals surface area contributed by atoms with Crippen LogP contribution >= 0.6 is 0 Å². The standard InChI is InChI=1S/C14H18F3N5O/c1-21-8-10(7-18-21)9-22-5-3-2-4-11(22)13-20-19-12(23-13)6-14(15,16)17/h7-8,11H,2-6,9H2,1H3/t11-/m0/s1. The van der Waals surface area contributed by atoms with Gasteiger partial charge in [-0.1, -0.05) is 6.42 Å². The first kappa shape index (κ1) is 16.0. The van der Waals surface area contributed by atoms with E-state index < -0.39 is 12.6 Å². The van der Waals surface area contributed by atoms with E-state index in [0.717, 1.165) is 31.4 Å². The Labute approximate surface area is 131 Å². The molecule has 1 fully saturated rings. The molecule has 0 aliphatic carbocycles. The normalized spacial score (nSPS) is 20.1. The van der Waals surface area contributed by atoms with Crippen LogP contribution in [-0.2, 0) is 20.0 Å². The summed E-state index contributed by atoms with van der Waals surface area (Å²) < 4.78 is 44.2. The first-order valence-electron chi connectivity index (χ1n) is 7.51. The molecule has 2 aromatic heterocycles. The van der Waals surface area contributed by atoms with Crippen molar-refractivity contribution >= 4 is 0 Å². The van der Waals surface area contributed by atoms with Crippen LogP contribution in [0.2, 0.25) is 0 Å². The fourth-order valence-electron chi connectivity index (χ4n) is 2.89. The molecular formula is C14H18F3N5O. The van der Waals surface area contributed by atoms with E-state index in [1.54, 1.807) is 10.9 Å². The summed E-state index contributed by atoms with van der Waals surface area (Å²) in [5.41, 5.74) is 1.05. The Morgan fingerprint density at radius 1 is 1.30 bits per heavy atom. The van der Waals surface area contributed by atoms with Gasteiger partial charge in [-0.3, -0.25) is 9.58 Å². The molecule has 126 valence electrons. The Balaban J connectivity index is 1.73. The van der Waals surface area contributed by atoms with E-state index in [-0.39, 0.29) is 17.8 Å². The zero-order chi connectivity index (χ0) is 16.4. The molecule has 1 aliphatic rings. The van der Waals surface area contributed by atoms with Gasteiger partial charge in [0, 0.05) is 25.4 Å². The molecule has 0 amide bonds. The van der Waals surface area contributed by atoms with Gasteiger partial charge in [-0.15, -0.1) is 10.2 Å². The number of halogens is 3. The van der Waals surface area contributed by atoms with Crippen LogP contribution in [0.25, 0.3) is 0 Å². The van der Waals surface area contributed by atoms with Crippen LogP contribution in [0.1, 0.15) is 42.6 Å². The molecule has 3 rings (SSSR count). The molecule has 0 aromatic carbocycles. The Kier molecular flexibility index (Phi) is 4.38. The second-order valence-electron chi connectivity index (χ2n) is 5.83. The van der Waals surface area contributed by atoms with Crippen molar-refractivity contribution in [2.75, 3.05) is 6.54 Å². The second-order valence-corrected chi connectivity index (χ2v) is 5.83. The van der Waals surface area contributed by atoms with Crippen molar-refractivity contribution in [1.82, 2.24) is 24.9 Å². The average Bonchev–Trinajstić information content (AvgIpc) is 3.07. The molecule has 23 heavy (non-hydrogen) atoms. The van der Waals surface area contributed by atoms with Crippen LogP contribution in [0.4, 0.5) is 13.2 Å². The minimum atomic E-state index is -4.34. The number of hydrogen-bond acceptors (Lipinski definition) is 5. The van der Waals surface area contributed by atoms with E-state index >= 15 is 0 Å². The number of likely N-dealkylation sites (tertiary alicyclic amines) is 1. The number of nitrogens with zero attached hydrogens (tertiary/aromatic N) is 5. The Morgan fingerprint density at radius 2 is 2.13 bits per heavy atom. The molecule has 0 radical (unpaired) electrons. The van der Waals surface area contributed by atoms with E-state index in [4.69, 9.17) is 4.42 Å². The first-order valence-corrected chi connectivity index (χ1v) is 7.51. The van der Waals surface area contributed by atoms with Crippen molar-refractivity contribution in [3.05, 3.63) is 29.7 Å². The third-order valence-corrected chi connectivity index (χ3v) is 3.88.